The van der Waals surface area contributed by atoms with Gasteiger partial charge in [0.25, 0.3) is 5.56 Å². The van der Waals surface area contributed by atoms with Crippen LogP contribution in [0.15, 0.2) is 41.3 Å². The zero-order valence-corrected chi connectivity index (χ0v) is 9.69. The molecule has 0 aliphatic heterocycles. The lowest BCUT2D eigenvalue weighted by atomic mass is 10.1. The summed E-state index contributed by atoms with van der Waals surface area (Å²) < 4.78 is 10.3. The number of methoxy groups -OCH3 is 2. The van der Waals surface area contributed by atoms with Crippen LogP contribution in [0.2, 0.25) is 0 Å². The molecule has 0 unspecified atom stereocenters. The molecule has 0 fully saturated rings. The van der Waals surface area contributed by atoms with Crippen molar-refractivity contribution >= 4 is 0 Å². The lowest BCUT2D eigenvalue weighted by molar-refractivity contribution is 0.355. The van der Waals surface area contributed by atoms with E-state index in [1.54, 1.807) is 44.7 Å². The van der Waals surface area contributed by atoms with E-state index < -0.39 is 0 Å². The Morgan fingerprint density at radius 2 is 1.82 bits per heavy atom. The molecule has 1 aromatic heterocycles. The summed E-state index contributed by atoms with van der Waals surface area (Å²) in [6, 6.07) is 8.93. The van der Waals surface area contributed by atoms with Gasteiger partial charge >= 0.3 is 0 Å². The maximum atomic E-state index is 11.6. The number of hydrogen-bond donors (Lipinski definition) is 1. The summed E-state index contributed by atoms with van der Waals surface area (Å²) in [4.78, 5) is 14.3. The van der Waals surface area contributed by atoms with Gasteiger partial charge in [-0.05, 0) is 29.8 Å². The van der Waals surface area contributed by atoms with Gasteiger partial charge in [-0.1, -0.05) is 6.07 Å². The maximum Gasteiger partial charge on any atom is 0.255 e. The lowest BCUT2D eigenvalue weighted by Gasteiger charge is -2.09. The van der Waals surface area contributed by atoms with Crippen LogP contribution in [0.3, 0.4) is 0 Å². The Hall–Kier alpha value is -2.23. The fourth-order valence-electron chi connectivity index (χ4n) is 1.65. The van der Waals surface area contributed by atoms with Crippen LogP contribution in [0.5, 0.6) is 11.5 Å². The predicted molar refractivity (Wildman–Crippen MR) is 65.6 cm³/mol. The molecule has 1 N–H and O–H groups in total. The highest BCUT2D eigenvalue weighted by Gasteiger charge is 2.07. The second-order valence-corrected chi connectivity index (χ2v) is 3.48. The van der Waals surface area contributed by atoms with Crippen LogP contribution in [0.25, 0.3) is 11.1 Å². The second-order valence-electron chi connectivity index (χ2n) is 3.48. The zero-order valence-electron chi connectivity index (χ0n) is 9.69. The average molecular weight is 231 g/mol. The average Bonchev–Trinajstić information content (AvgIpc) is 2.38. The van der Waals surface area contributed by atoms with E-state index in [0.717, 1.165) is 5.56 Å². The molecule has 0 bridgehead atoms. The van der Waals surface area contributed by atoms with Crippen LogP contribution in [-0.2, 0) is 0 Å². The van der Waals surface area contributed by atoms with E-state index in [1.807, 2.05) is 6.07 Å². The van der Waals surface area contributed by atoms with Gasteiger partial charge in [-0.3, -0.25) is 4.79 Å². The van der Waals surface area contributed by atoms with Crippen molar-refractivity contribution in [2.24, 2.45) is 0 Å². The van der Waals surface area contributed by atoms with Crippen molar-refractivity contribution in [1.82, 2.24) is 4.98 Å². The first-order valence-electron chi connectivity index (χ1n) is 5.16. The van der Waals surface area contributed by atoms with Crippen molar-refractivity contribution in [3.8, 4) is 22.6 Å². The smallest absolute Gasteiger partial charge is 0.255 e. The first-order valence-corrected chi connectivity index (χ1v) is 5.16. The number of H-pyrrole nitrogens is 1. The Labute approximate surface area is 98.8 Å². The third-order valence-electron chi connectivity index (χ3n) is 2.51. The quantitative estimate of drug-likeness (QED) is 0.879. The Balaban J connectivity index is 2.54. The molecule has 0 atom stereocenters. The molecule has 88 valence electrons. The van der Waals surface area contributed by atoms with Gasteiger partial charge in [-0.15, -0.1) is 0 Å². The van der Waals surface area contributed by atoms with Crippen molar-refractivity contribution in [3.63, 3.8) is 0 Å². The highest BCUT2D eigenvalue weighted by Crippen LogP contribution is 2.30. The minimum absolute atomic E-state index is 0.125. The number of hydrogen-bond acceptors (Lipinski definition) is 3. The van der Waals surface area contributed by atoms with E-state index in [2.05, 4.69) is 4.98 Å². The van der Waals surface area contributed by atoms with Crippen molar-refractivity contribution in [1.29, 1.82) is 0 Å². The van der Waals surface area contributed by atoms with Crippen LogP contribution in [0.1, 0.15) is 0 Å². The third kappa shape index (κ3) is 2.15. The number of pyridine rings is 1. The highest BCUT2D eigenvalue weighted by molar-refractivity contribution is 5.66. The Morgan fingerprint density at radius 1 is 1.06 bits per heavy atom. The Bertz CT molecular complexity index is 575. The van der Waals surface area contributed by atoms with E-state index in [9.17, 15) is 4.79 Å². The summed E-state index contributed by atoms with van der Waals surface area (Å²) in [6.45, 7) is 0. The van der Waals surface area contributed by atoms with Crippen molar-refractivity contribution in [2.75, 3.05) is 14.2 Å². The van der Waals surface area contributed by atoms with E-state index in [0.29, 0.717) is 17.1 Å². The molecule has 4 heteroatoms. The molecule has 17 heavy (non-hydrogen) atoms. The molecule has 1 aromatic carbocycles. The summed E-state index contributed by atoms with van der Waals surface area (Å²) in [6.07, 6.45) is 1.60. The number of rotatable bonds is 3. The number of aromatic amines is 1. The summed E-state index contributed by atoms with van der Waals surface area (Å²) in [5, 5.41) is 0. The van der Waals surface area contributed by atoms with E-state index in [4.69, 9.17) is 9.47 Å². The molecule has 4 nitrogen and oxygen atoms in total. The molecule has 0 spiro atoms. The van der Waals surface area contributed by atoms with Crippen molar-refractivity contribution in [2.45, 2.75) is 0 Å². The monoisotopic (exact) mass is 231 g/mol. The SMILES string of the molecule is COc1ccc(-c2ccc[nH]c2=O)cc1OC. The predicted octanol–water partition coefficient (Wildman–Crippen LogP) is 2.06. The Morgan fingerprint density at radius 3 is 2.47 bits per heavy atom. The maximum absolute atomic E-state index is 11.6. The van der Waals surface area contributed by atoms with E-state index in [-0.39, 0.29) is 5.56 Å². The van der Waals surface area contributed by atoms with Crippen LogP contribution < -0.4 is 15.0 Å². The number of aromatic nitrogens is 1. The van der Waals surface area contributed by atoms with Crippen molar-refractivity contribution < 1.29 is 9.47 Å². The fraction of sp³-hybridized carbons (Fsp3) is 0.154. The van der Waals surface area contributed by atoms with Gasteiger partial charge in [0, 0.05) is 11.8 Å². The normalized spacial score (nSPS) is 10.0. The number of nitrogens with one attached hydrogen (secondary N) is 1. The van der Waals surface area contributed by atoms with Gasteiger partial charge in [0.1, 0.15) is 0 Å². The molecule has 0 aliphatic rings. The lowest BCUT2D eigenvalue weighted by Crippen LogP contribution is -2.06. The van der Waals surface area contributed by atoms with Crippen LogP contribution in [0.4, 0.5) is 0 Å². The van der Waals surface area contributed by atoms with Gasteiger partial charge in [0.15, 0.2) is 11.5 Å². The molecule has 0 saturated heterocycles. The molecule has 0 amide bonds. The molecule has 0 aliphatic carbocycles. The molecule has 1 heterocycles. The van der Waals surface area contributed by atoms with Crippen LogP contribution >= 0.6 is 0 Å². The minimum atomic E-state index is -0.125. The van der Waals surface area contributed by atoms with E-state index >= 15 is 0 Å². The Kier molecular flexibility index (Phi) is 3.14. The van der Waals surface area contributed by atoms with E-state index in [1.165, 1.54) is 0 Å². The molecular weight excluding hydrogens is 218 g/mol. The summed E-state index contributed by atoms with van der Waals surface area (Å²) >= 11 is 0. The molecular formula is C13H13NO3. The third-order valence-corrected chi connectivity index (χ3v) is 2.51. The van der Waals surface area contributed by atoms with Crippen LogP contribution in [0, 0.1) is 0 Å². The van der Waals surface area contributed by atoms with Crippen LogP contribution in [-0.4, -0.2) is 19.2 Å². The van der Waals surface area contributed by atoms with Crippen molar-refractivity contribution in [3.05, 3.63) is 46.9 Å². The fourth-order valence-corrected chi connectivity index (χ4v) is 1.65. The first kappa shape index (κ1) is 11.3. The van der Waals surface area contributed by atoms with Gasteiger partial charge < -0.3 is 14.5 Å². The summed E-state index contributed by atoms with van der Waals surface area (Å²) in [7, 11) is 3.14. The number of ether oxygens (including phenoxy) is 2. The molecule has 0 saturated carbocycles. The summed E-state index contributed by atoms with van der Waals surface area (Å²) in [5.74, 6) is 1.25. The largest absolute Gasteiger partial charge is 0.493 e. The summed E-state index contributed by atoms with van der Waals surface area (Å²) in [5.41, 5.74) is 1.28. The molecule has 2 rings (SSSR count). The van der Waals surface area contributed by atoms with Gasteiger partial charge in [0.05, 0.1) is 14.2 Å². The number of benzene rings is 1. The van der Waals surface area contributed by atoms with Gasteiger partial charge in [-0.2, -0.15) is 0 Å². The highest BCUT2D eigenvalue weighted by atomic mass is 16.5. The molecule has 2 aromatic rings. The van der Waals surface area contributed by atoms with Gasteiger partial charge in [0.2, 0.25) is 0 Å². The topological polar surface area (TPSA) is 51.3 Å². The van der Waals surface area contributed by atoms with Gasteiger partial charge in [-0.25, -0.2) is 0 Å². The standard InChI is InChI=1S/C13H13NO3/c1-16-11-6-5-9(8-12(11)17-2)10-4-3-7-14-13(10)15/h3-8H,1-2H3,(H,14,15). The minimum Gasteiger partial charge on any atom is -0.493 e. The molecule has 0 radical (unpaired) electrons. The first-order chi connectivity index (χ1) is 8.26. The second kappa shape index (κ2) is 4.74. The zero-order chi connectivity index (χ0) is 12.3.